The lowest BCUT2D eigenvalue weighted by Gasteiger charge is -2.21. The number of hydrogen-bond acceptors (Lipinski definition) is 2. The molecule has 0 radical (unpaired) electrons. The molecule has 0 bridgehead atoms. The van der Waals surface area contributed by atoms with Crippen LogP contribution in [0.3, 0.4) is 0 Å². The lowest BCUT2D eigenvalue weighted by molar-refractivity contribution is 0.0948. The minimum Gasteiger partial charge on any atom is -0.396 e. The Morgan fingerprint density at radius 3 is 2.50 bits per heavy atom. The quantitative estimate of drug-likeness (QED) is 0.790. The minimum atomic E-state index is -0.139. The van der Waals surface area contributed by atoms with Crippen molar-refractivity contribution < 1.29 is 9.90 Å². The van der Waals surface area contributed by atoms with Crippen molar-refractivity contribution in [1.82, 2.24) is 5.32 Å². The van der Waals surface area contributed by atoms with E-state index in [0.717, 1.165) is 24.0 Å². The van der Waals surface area contributed by atoms with Crippen LogP contribution in [-0.4, -0.2) is 24.2 Å². The standard InChI is InChI=1S/C16H24ClNO2/c1-11-8-13(14(17)9-12(11)2)15(20)18-7-5-6-16(3,4)10-19/h8-9,19H,5-7,10H2,1-4H3,(H,18,20). The lowest BCUT2D eigenvalue weighted by Crippen LogP contribution is -2.26. The van der Waals surface area contributed by atoms with Gasteiger partial charge in [-0.15, -0.1) is 0 Å². The predicted octanol–water partition coefficient (Wildman–Crippen LogP) is 3.49. The van der Waals surface area contributed by atoms with Crippen molar-refractivity contribution in [1.29, 1.82) is 0 Å². The third kappa shape index (κ3) is 4.80. The molecule has 20 heavy (non-hydrogen) atoms. The SMILES string of the molecule is Cc1cc(Cl)c(C(=O)NCCCC(C)(C)CO)cc1C. The van der Waals surface area contributed by atoms with Gasteiger partial charge in [-0.2, -0.15) is 0 Å². The molecule has 1 rings (SSSR count). The number of carbonyl (C=O) groups is 1. The van der Waals surface area contributed by atoms with Gasteiger partial charge in [0, 0.05) is 13.2 Å². The lowest BCUT2D eigenvalue weighted by atomic mass is 9.89. The molecule has 0 heterocycles. The van der Waals surface area contributed by atoms with Crippen molar-refractivity contribution in [3.8, 4) is 0 Å². The molecule has 0 aromatic heterocycles. The molecular weight excluding hydrogens is 274 g/mol. The Labute approximate surface area is 126 Å². The van der Waals surface area contributed by atoms with Crippen molar-refractivity contribution in [3.63, 3.8) is 0 Å². The van der Waals surface area contributed by atoms with Crippen LogP contribution in [0.2, 0.25) is 5.02 Å². The second kappa shape index (κ2) is 7.09. The van der Waals surface area contributed by atoms with Gasteiger partial charge in [-0.3, -0.25) is 4.79 Å². The average molecular weight is 298 g/mol. The average Bonchev–Trinajstić information content (AvgIpc) is 2.38. The van der Waals surface area contributed by atoms with Crippen LogP contribution in [0.4, 0.5) is 0 Å². The van der Waals surface area contributed by atoms with Gasteiger partial charge in [0.05, 0.1) is 10.6 Å². The van der Waals surface area contributed by atoms with Gasteiger partial charge in [-0.1, -0.05) is 25.4 Å². The van der Waals surface area contributed by atoms with Crippen LogP contribution < -0.4 is 5.32 Å². The highest BCUT2D eigenvalue weighted by atomic mass is 35.5. The number of carbonyl (C=O) groups excluding carboxylic acids is 1. The van der Waals surface area contributed by atoms with E-state index in [1.54, 1.807) is 0 Å². The van der Waals surface area contributed by atoms with Crippen molar-refractivity contribution in [3.05, 3.63) is 33.8 Å². The monoisotopic (exact) mass is 297 g/mol. The Bertz CT molecular complexity index is 484. The van der Waals surface area contributed by atoms with E-state index in [9.17, 15) is 4.79 Å². The van der Waals surface area contributed by atoms with Crippen molar-refractivity contribution in [2.75, 3.05) is 13.2 Å². The molecule has 3 nitrogen and oxygen atoms in total. The van der Waals surface area contributed by atoms with Crippen LogP contribution in [0.25, 0.3) is 0 Å². The van der Waals surface area contributed by atoms with Crippen LogP contribution >= 0.6 is 11.6 Å². The fourth-order valence-corrected chi connectivity index (χ4v) is 2.20. The van der Waals surface area contributed by atoms with Crippen molar-refractivity contribution in [2.24, 2.45) is 5.41 Å². The summed E-state index contributed by atoms with van der Waals surface area (Å²) in [5.74, 6) is -0.139. The summed E-state index contributed by atoms with van der Waals surface area (Å²) >= 11 is 6.11. The molecule has 0 aliphatic heterocycles. The Morgan fingerprint density at radius 1 is 1.30 bits per heavy atom. The highest BCUT2D eigenvalue weighted by Crippen LogP contribution is 2.22. The minimum absolute atomic E-state index is 0.0944. The predicted molar refractivity (Wildman–Crippen MR) is 83.4 cm³/mol. The van der Waals surface area contributed by atoms with Gasteiger partial charge < -0.3 is 10.4 Å². The van der Waals surface area contributed by atoms with Crippen LogP contribution in [0.5, 0.6) is 0 Å². The van der Waals surface area contributed by atoms with Gasteiger partial charge in [0.25, 0.3) is 5.91 Å². The van der Waals surface area contributed by atoms with E-state index in [2.05, 4.69) is 5.32 Å². The molecule has 2 N–H and O–H groups in total. The number of halogens is 1. The van der Waals surface area contributed by atoms with Crippen molar-refractivity contribution >= 4 is 17.5 Å². The Hall–Kier alpha value is -1.06. The number of nitrogens with one attached hydrogen (secondary N) is 1. The molecule has 0 unspecified atom stereocenters. The summed E-state index contributed by atoms with van der Waals surface area (Å²) in [5, 5.41) is 12.5. The first kappa shape index (κ1) is 17.0. The first-order valence-corrected chi connectivity index (χ1v) is 7.30. The third-order valence-corrected chi connectivity index (χ3v) is 3.88. The van der Waals surface area contributed by atoms with E-state index in [0.29, 0.717) is 17.1 Å². The summed E-state index contributed by atoms with van der Waals surface area (Å²) in [7, 11) is 0. The maximum atomic E-state index is 12.1. The maximum Gasteiger partial charge on any atom is 0.252 e. The maximum absolute atomic E-state index is 12.1. The fourth-order valence-electron chi connectivity index (χ4n) is 1.90. The molecule has 0 fully saturated rings. The second-order valence-electron chi connectivity index (χ2n) is 6.10. The van der Waals surface area contributed by atoms with E-state index in [4.69, 9.17) is 16.7 Å². The molecule has 0 atom stereocenters. The number of aryl methyl sites for hydroxylation is 2. The number of amides is 1. The molecule has 4 heteroatoms. The van der Waals surface area contributed by atoms with Gasteiger partial charge in [-0.25, -0.2) is 0 Å². The summed E-state index contributed by atoms with van der Waals surface area (Å²) in [6, 6.07) is 3.64. The molecule has 1 aromatic carbocycles. The Morgan fingerprint density at radius 2 is 1.90 bits per heavy atom. The number of aliphatic hydroxyl groups excluding tert-OH is 1. The van der Waals surface area contributed by atoms with Crippen LogP contribution in [-0.2, 0) is 0 Å². The van der Waals surface area contributed by atoms with E-state index in [1.165, 1.54) is 0 Å². The van der Waals surface area contributed by atoms with Crippen LogP contribution in [0.15, 0.2) is 12.1 Å². The zero-order valence-electron chi connectivity index (χ0n) is 12.7. The molecule has 0 aliphatic carbocycles. The topological polar surface area (TPSA) is 49.3 Å². The van der Waals surface area contributed by atoms with E-state index in [1.807, 2.05) is 39.8 Å². The Balaban J connectivity index is 2.54. The number of rotatable bonds is 6. The number of benzene rings is 1. The van der Waals surface area contributed by atoms with E-state index in [-0.39, 0.29) is 17.9 Å². The zero-order valence-corrected chi connectivity index (χ0v) is 13.5. The number of aliphatic hydroxyl groups is 1. The molecule has 0 spiro atoms. The second-order valence-corrected chi connectivity index (χ2v) is 6.51. The zero-order chi connectivity index (χ0) is 15.3. The Kier molecular flexibility index (Phi) is 6.03. The first-order chi connectivity index (χ1) is 9.26. The van der Waals surface area contributed by atoms with Crippen LogP contribution in [0, 0.1) is 19.3 Å². The summed E-state index contributed by atoms with van der Waals surface area (Å²) < 4.78 is 0. The van der Waals surface area contributed by atoms with E-state index >= 15 is 0 Å². The molecule has 1 amide bonds. The van der Waals surface area contributed by atoms with Gasteiger partial charge in [0.15, 0.2) is 0 Å². The van der Waals surface area contributed by atoms with Crippen LogP contribution in [0.1, 0.15) is 48.2 Å². The summed E-state index contributed by atoms with van der Waals surface area (Å²) in [6.07, 6.45) is 1.70. The highest BCUT2D eigenvalue weighted by Gasteiger charge is 2.16. The number of hydrogen-bond donors (Lipinski definition) is 2. The van der Waals surface area contributed by atoms with Gasteiger partial charge in [0.1, 0.15) is 0 Å². The normalized spacial score (nSPS) is 11.5. The summed E-state index contributed by atoms with van der Waals surface area (Å²) in [4.78, 5) is 12.1. The molecule has 112 valence electrons. The molecular formula is C16H24ClNO2. The summed E-state index contributed by atoms with van der Waals surface area (Å²) in [5.41, 5.74) is 2.57. The largest absolute Gasteiger partial charge is 0.396 e. The molecule has 1 aromatic rings. The van der Waals surface area contributed by atoms with E-state index < -0.39 is 0 Å². The fraction of sp³-hybridized carbons (Fsp3) is 0.562. The van der Waals surface area contributed by atoms with Gasteiger partial charge in [0.2, 0.25) is 0 Å². The third-order valence-electron chi connectivity index (χ3n) is 3.57. The first-order valence-electron chi connectivity index (χ1n) is 6.92. The summed E-state index contributed by atoms with van der Waals surface area (Å²) in [6.45, 7) is 8.70. The van der Waals surface area contributed by atoms with Gasteiger partial charge in [-0.05, 0) is 55.4 Å². The molecule has 0 saturated heterocycles. The smallest absolute Gasteiger partial charge is 0.252 e. The highest BCUT2D eigenvalue weighted by molar-refractivity contribution is 6.33. The van der Waals surface area contributed by atoms with Crippen molar-refractivity contribution in [2.45, 2.75) is 40.5 Å². The molecule has 0 aliphatic rings. The van der Waals surface area contributed by atoms with Gasteiger partial charge >= 0.3 is 0 Å². The molecule has 0 saturated carbocycles.